The number of amides is 3. The normalized spacial score (nSPS) is 15.3. The van der Waals surface area contributed by atoms with Crippen molar-refractivity contribution >= 4 is 45.5 Å². The van der Waals surface area contributed by atoms with Gasteiger partial charge in [0, 0.05) is 15.1 Å². The van der Waals surface area contributed by atoms with Crippen molar-refractivity contribution in [3.63, 3.8) is 0 Å². The first kappa shape index (κ1) is 19.3. The van der Waals surface area contributed by atoms with E-state index >= 15 is 0 Å². The average molecular weight is 452 g/mol. The second-order valence-electron chi connectivity index (χ2n) is 5.74. The van der Waals surface area contributed by atoms with Crippen molar-refractivity contribution in [2.24, 2.45) is 0 Å². The Labute approximate surface area is 169 Å². The van der Waals surface area contributed by atoms with Gasteiger partial charge in [-0.15, -0.1) is 0 Å². The first-order valence-electron chi connectivity index (χ1n) is 7.93. The molecule has 0 aromatic heterocycles. The Balaban J connectivity index is 1.90. The minimum atomic E-state index is -0.484. The molecule has 1 N–H and O–H groups in total. The van der Waals surface area contributed by atoms with Gasteiger partial charge in [0.25, 0.3) is 5.91 Å². The number of ether oxygens (including phenoxy) is 2. The Morgan fingerprint density at radius 2 is 1.85 bits per heavy atom. The molecule has 140 valence electrons. The highest BCUT2D eigenvalue weighted by atomic mass is 79.9. The predicted molar refractivity (Wildman–Crippen MR) is 106 cm³/mol. The lowest BCUT2D eigenvalue weighted by molar-refractivity contribution is -0.123. The number of carbonyl (C=O) groups is 2. The topological polar surface area (TPSA) is 67.9 Å². The number of nitrogens with one attached hydrogen (secondary N) is 1. The van der Waals surface area contributed by atoms with E-state index in [0.717, 1.165) is 14.9 Å². The summed E-state index contributed by atoms with van der Waals surface area (Å²) in [6.45, 7) is 0.151. The Morgan fingerprint density at radius 1 is 1.15 bits per heavy atom. The molecule has 3 amide bonds. The summed E-state index contributed by atoms with van der Waals surface area (Å²) in [6.07, 6.45) is 1.56. The van der Waals surface area contributed by atoms with E-state index in [0.29, 0.717) is 22.1 Å². The highest BCUT2D eigenvalue weighted by molar-refractivity contribution is 9.10. The van der Waals surface area contributed by atoms with Gasteiger partial charge in [-0.3, -0.25) is 9.69 Å². The number of benzene rings is 2. The van der Waals surface area contributed by atoms with Crippen molar-refractivity contribution in [2.75, 3.05) is 14.2 Å². The zero-order valence-electron chi connectivity index (χ0n) is 14.6. The smallest absolute Gasteiger partial charge is 0.329 e. The average Bonchev–Trinajstić information content (AvgIpc) is 2.90. The second kappa shape index (κ2) is 8.02. The van der Waals surface area contributed by atoms with Crippen molar-refractivity contribution in [1.82, 2.24) is 10.2 Å². The summed E-state index contributed by atoms with van der Waals surface area (Å²) in [5.41, 5.74) is 1.55. The molecule has 1 aliphatic heterocycles. The number of imide groups is 1. The molecule has 1 heterocycles. The summed E-state index contributed by atoms with van der Waals surface area (Å²) < 4.78 is 11.4. The van der Waals surface area contributed by atoms with E-state index in [2.05, 4.69) is 21.2 Å². The number of nitrogens with zero attached hydrogens (tertiary/aromatic N) is 1. The fraction of sp³-hybridized carbons (Fsp3) is 0.158. The highest BCUT2D eigenvalue weighted by Gasteiger charge is 2.33. The third-order valence-electron chi connectivity index (χ3n) is 3.99. The van der Waals surface area contributed by atoms with Gasteiger partial charge in [-0.25, -0.2) is 4.79 Å². The van der Waals surface area contributed by atoms with Gasteiger partial charge in [0.15, 0.2) is 11.5 Å². The van der Waals surface area contributed by atoms with Gasteiger partial charge in [-0.05, 0) is 35.9 Å². The Hall–Kier alpha value is -2.51. The number of hydrogen-bond acceptors (Lipinski definition) is 4. The van der Waals surface area contributed by atoms with Crippen molar-refractivity contribution in [1.29, 1.82) is 0 Å². The largest absolute Gasteiger partial charge is 0.493 e. The summed E-state index contributed by atoms with van der Waals surface area (Å²) in [6, 6.07) is 10.0. The maximum Gasteiger partial charge on any atom is 0.329 e. The first-order chi connectivity index (χ1) is 12.9. The molecule has 0 aliphatic carbocycles. The molecule has 0 spiro atoms. The number of halogens is 2. The third-order valence-corrected chi connectivity index (χ3v) is 4.70. The maximum atomic E-state index is 12.7. The van der Waals surface area contributed by atoms with Crippen LogP contribution in [0, 0.1) is 0 Å². The van der Waals surface area contributed by atoms with Gasteiger partial charge in [0.05, 0.1) is 20.8 Å². The van der Waals surface area contributed by atoms with E-state index in [1.807, 2.05) is 0 Å². The van der Waals surface area contributed by atoms with Gasteiger partial charge in [0.2, 0.25) is 0 Å². The number of urea groups is 1. The molecular formula is C19H16BrClN2O4. The molecule has 0 bridgehead atoms. The molecule has 27 heavy (non-hydrogen) atoms. The molecule has 2 aromatic carbocycles. The lowest BCUT2D eigenvalue weighted by Gasteiger charge is -2.12. The van der Waals surface area contributed by atoms with Crippen LogP contribution in [0.2, 0.25) is 5.02 Å². The van der Waals surface area contributed by atoms with Crippen LogP contribution in [0.3, 0.4) is 0 Å². The third kappa shape index (κ3) is 4.09. The summed E-state index contributed by atoms with van der Waals surface area (Å²) in [5.74, 6) is 0.552. The molecule has 1 saturated heterocycles. The summed E-state index contributed by atoms with van der Waals surface area (Å²) in [5, 5.41) is 3.19. The Morgan fingerprint density at radius 3 is 2.48 bits per heavy atom. The quantitative estimate of drug-likeness (QED) is 0.546. The van der Waals surface area contributed by atoms with Crippen LogP contribution in [0.25, 0.3) is 6.08 Å². The number of methoxy groups -OCH3 is 2. The molecular weight excluding hydrogens is 436 g/mol. The standard InChI is InChI=1S/C19H16BrClN2O4/c1-26-16-9-13(20)7-12(17(16)27-2)8-15-18(24)23(19(25)22-15)10-11-3-5-14(21)6-4-11/h3-9H,10H2,1-2H3,(H,22,25)/b15-8-. The fourth-order valence-electron chi connectivity index (χ4n) is 2.71. The predicted octanol–water partition coefficient (Wildman–Crippen LogP) is 4.21. The molecule has 1 fully saturated rings. The van der Waals surface area contributed by atoms with E-state index in [1.54, 1.807) is 42.5 Å². The van der Waals surface area contributed by atoms with Crippen LogP contribution in [0.4, 0.5) is 4.79 Å². The van der Waals surface area contributed by atoms with Gasteiger partial charge in [-0.1, -0.05) is 39.7 Å². The zero-order chi connectivity index (χ0) is 19.6. The lowest BCUT2D eigenvalue weighted by atomic mass is 10.1. The molecule has 6 nitrogen and oxygen atoms in total. The molecule has 3 rings (SSSR count). The molecule has 0 radical (unpaired) electrons. The van der Waals surface area contributed by atoms with Crippen molar-refractivity contribution in [2.45, 2.75) is 6.54 Å². The maximum absolute atomic E-state index is 12.7. The summed E-state index contributed by atoms with van der Waals surface area (Å²) in [7, 11) is 3.03. The zero-order valence-corrected chi connectivity index (χ0v) is 16.9. The first-order valence-corrected chi connectivity index (χ1v) is 9.10. The van der Waals surface area contributed by atoms with Gasteiger partial charge < -0.3 is 14.8 Å². The van der Waals surface area contributed by atoms with Crippen molar-refractivity contribution in [3.8, 4) is 11.5 Å². The monoisotopic (exact) mass is 450 g/mol. The van der Waals surface area contributed by atoms with E-state index in [4.69, 9.17) is 21.1 Å². The Kier molecular flexibility index (Phi) is 5.72. The van der Waals surface area contributed by atoms with Crippen LogP contribution < -0.4 is 14.8 Å². The van der Waals surface area contributed by atoms with Crippen molar-refractivity contribution in [3.05, 3.63) is 62.7 Å². The number of hydrogen-bond donors (Lipinski definition) is 1. The van der Waals surface area contributed by atoms with E-state index in [1.165, 1.54) is 14.2 Å². The van der Waals surface area contributed by atoms with E-state index < -0.39 is 11.9 Å². The van der Waals surface area contributed by atoms with Gasteiger partial charge in [-0.2, -0.15) is 0 Å². The van der Waals surface area contributed by atoms with E-state index in [-0.39, 0.29) is 12.2 Å². The minimum absolute atomic E-state index is 0.151. The molecule has 0 unspecified atom stereocenters. The van der Waals surface area contributed by atoms with Crippen molar-refractivity contribution < 1.29 is 19.1 Å². The molecule has 2 aromatic rings. The Bertz CT molecular complexity index is 928. The summed E-state index contributed by atoms with van der Waals surface area (Å²) >= 11 is 9.27. The number of carbonyl (C=O) groups excluding carboxylic acids is 2. The highest BCUT2D eigenvalue weighted by Crippen LogP contribution is 2.36. The SMILES string of the molecule is COc1cc(Br)cc(/C=C2\NC(=O)N(Cc3ccc(Cl)cc3)C2=O)c1OC. The van der Waals surface area contributed by atoms with Crippen LogP contribution in [0.1, 0.15) is 11.1 Å². The summed E-state index contributed by atoms with van der Waals surface area (Å²) in [4.78, 5) is 26.1. The molecule has 0 saturated carbocycles. The van der Waals surface area contributed by atoms with Crippen LogP contribution in [0.15, 0.2) is 46.6 Å². The van der Waals surface area contributed by atoms with Gasteiger partial charge in [0.1, 0.15) is 5.70 Å². The van der Waals surface area contributed by atoms with Crippen LogP contribution >= 0.6 is 27.5 Å². The van der Waals surface area contributed by atoms with Crippen LogP contribution in [-0.2, 0) is 11.3 Å². The van der Waals surface area contributed by atoms with Crippen LogP contribution in [-0.4, -0.2) is 31.1 Å². The molecule has 1 aliphatic rings. The second-order valence-corrected chi connectivity index (χ2v) is 7.09. The molecule has 0 atom stereocenters. The van der Waals surface area contributed by atoms with Crippen LogP contribution in [0.5, 0.6) is 11.5 Å². The minimum Gasteiger partial charge on any atom is -0.493 e. The lowest BCUT2D eigenvalue weighted by Crippen LogP contribution is -2.30. The molecule has 8 heteroatoms. The van der Waals surface area contributed by atoms with Gasteiger partial charge >= 0.3 is 6.03 Å². The fourth-order valence-corrected chi connectivity index (χ4v) is 3.29. The number of rotatable bonds is 5. The van der Waals surface area contributed by atoms with E-state index in [9.17, 15) is 9.59 Å².